The van der Waals surface area contributed by atoms with Crippen molar-refractivity contribution in [3.63, 3.8) is 0 Å². The van der Waals surface area contributed by atoms with E-state index >= 15 is 0 Å². The number of carbonyl (C=O) groups excluding carboxylic acids is 2. The van der Waals surface area contributed by atoms with Gasteiger partial charge in [0.05, 0.1) is 24.1 Å². The van der Waals surface area contributed by atoms with Gasteiger partial charge in [0.1, 0.15) is 5.75 Å². The summed E-state index contributed by atoms with van der Waals surface area (Å²) in [5, 5.41) is 0. The molecule has 1 unspecified atom stereocenters. The molecule has 2 bridgehead atoms. The van der Waals surface area contributed by atoms with Crippen molar-refractivity contribution in [1.29, 1.82) is 0 Å². The molecular formula is C32H31NO3. The summed E-state index contributed by atoms with van der Waals surface area (Å²) in [6, 6.07) is 28.2. The van der Waals surface area contributed by atoms with E-state index in [0.717, 1.165) is 42.6 Å². The zero-order valence-corrected chi connectivity index (χ0v) is 20.6. The third kappa shape index (κ3) is 3.67. The van der Waals surface area contributed by atoms with E-state index in [9.17, 15) is 9.59 Å². The van der Waals surface area contributed by atoms with Crippen LogP contribution in [0.25, 0.3) is 11.1 Å². The van der Waals surface area contributed by atoms with Crippen LogP contribution in [0.15, 0.2) is 84.9 Å². The Morgan fingerprint density at radius 1 is 0.722 bits per heavy atom. The van der Waals surface area contributed by atoms with Crippen molar-refractivity contribution >= 4 is 28.6 Å². The molecule has 1 saturated carbocycles. The topological polar surface area (TPSA) is 46.6 Å². The largest absolute Gasteiger partial charge is 0.494 e. The molecule has 2 aliphatic carbocycles. The highest BCUT2D eigenvalue weighted by atomic mass is 16.5. The maximum Gasteiger partial charge on any atom is 0.238 e. The molecule has 0 N–H and O–H groups in total. The Balaban J connectivity index is 1.32. The molecule has 1 saturated heterocycles. The van der Waals surface area contributed by atoms with Crippen LogP contribution >= 0.6 is 0 Å². The van der Waals surface area contributed by atoms with Crippen LogP contribution in [0.4, 0.5) is 5.69 Å². The summed E-state index contributed by atoms with van der Waals surface area (Å²) in [5.74, 6) is 0.170. The molecule has 36 heavy (non-hydrogen) atoms. The van der Waals surface area contributed by atoms with E-state index in [0.29, 0.717) is 12.3 Å². The van der Waals surface area contributed by atoms with Crippen molar-refractivity contribution in [1.82, 2.24) is 0 Å². The second kappa shape index (κ2) is 9.42. The van der Waals surface area contributed by atoms with Crippen LogP contribution in [0, 0.1) is 23.7 Å². The van der Waals surface area contributed by atoms with Gasteiger partial charge in [0.25, 0.3) is 0 Å². The number of hydrogen-bond donors (Lipinski definition) is 0. The Morgan fingerprint density at radius 2 is 1.25 bits per heavy atom. The molecule has 4 heteroatoms. The molecule has 0 radical (unpaired) electrons. The van der Waals surface area contributed by atoms with Crippen LogP contribution in [0.1, 0.15) is 43.7 Å². The zero-order valence-electron chi connectivity index (χ0n) is 20.6. The molecule has 4 nitrogen and oxygen atoms in total. The summed E-state index contributed by atoms with van der Waals surface area (Å²) in [4.78, 5) is 29.0. The number of fused-ring (bicyclic) bond motifs is 5. The molecule has 2 amide bonds. The van der Waals surface area contributed by atoms with E-state index < -0.39 is 0 Å². The number of hydrogen-bond acceptors (Lipinski definition) is 3. The predicted octanol–water partition coefficient (Wildman–Crippen LogP) is 6.62. The van der Waals surface area contributed by atoms with Crippen molar-refractivity contribution in [3.05, 3.63) is 96.1 Å². The van der Waals surface area contributed by atoms with Crippen LogP contribution in [0.5, 0.6) is 5.75 Å². The molecule has 1 aliphatic heterocycles. The Kier molecular flexibility index (Phi) is 5.96. The van der Waals surface area contributed by atoms with Crippen molar-refractivity contribution in [2.24, 2.45) is 23.7 Å². The number of allylic oxidation sites excluding steroid dienone is 2. The van der Waals surface area contributed by atoms with E-state index in [1.54, 1.807) is 0 Å². The second-order valence-electron chi connectivity index (χ2n) is 10.1. The molecule has 2 fully saturated rings. The van der Waals surface area contributed by atoms with Gasteiger partial charge in [0, 0.05) is 0 Å². The normalized spacial score (nSPS) is 24.5. The van der Waals surface area contributed by atoms with Crippen molar-refractivity contribution < 1.29 is 14.3 Å². The lowest BCUT2D eigenvalue weighted by atomic mass is 9.73. The van der Waals surface area contributed by atoms with Crippen LogP contribution < -0.4 is 9.64 Å². The van der Waals surface area contributed by atoms with Gasteiger partial charge in [0.15, 0.2) is 0 Å². The summed E-state index contributed by atoms with van der Waals surface area (Å²) < 4.78 is 5.83. The highest BCUT2D eigenvalue weighted by molar-refractivity contribution is 6.24. The van der Waals surface area contributed by atoms with E-state index in [2.05, 4.69) is 31.2 Å². The minimum Gasteiger partial charge on any atom is -0.494 e. The van der Waals surface area contributed by atoms with Gasteiger partial charge in [-0.15, -0.1) is 0 Å². The number of rotatable bonds is 8. The fourth-order valence-corrected chi connectivity index (χ4v) is 6.58. The Morgan fingerprint density at radius 3 is 1.75 bits per heavy atom. The predicted molar refractivity (Wildman–Crippen MR) is 142 cm³/mol. The molecule has 1 heterocycles. The van der Waals surface area contributed by atoms with Crippen LogP contribution in [-0.2, 0) is 9.59 Å². The molecular weight excluding hydrogens is 446 g/mol. The minimum absolute atomic E-state index is 0.0558. The van der Waals surface area contributed by atoms with Crippen LogP contribution in [-0.4, -0.2) is 18.4 Å². The fourth-order valence-electron chi connectivity index (χ4n) is 6.58. The summed E-state index contributed by atoms with van der Waals surface area (Å²) in [7, 11) is 0. The van der Waals surface area contributed by atoms with Crippen LogP contribution in [0.3, 0.4) is 0 Å². The third-order valence-corrected chi connectivity index (χ3v) is 8.09. The first-order valence-electron chi connectivity index (χ1n) is 13.1. The van der Waals surface area contributed by atoms with E-state index in [1.165, 1.54) is 16.0 Å². The van der Waals surface area contributed by atoms with Crippen LogP contribution in [0.2, 0.25) is 0 Å². The fraction of sp³-hybridized carbons (Fsp3) is 0.312. The number of amides is 2. The highest BCUT2D eigenvalue weighted by Gasteiger charge is 2.64. The van der Waals surface area contributed by atoms with E-state index in [1.807, 2.05) is 60.7 Å². The van der Waals surface area contributed by atoms with E-state index in [4.69, 9.17) is 4.74 Å². The van der Waals surface area contributed by atoms with Gasteiger partial charge >= 0.3 is 0 Å². The minimum atomic E-state index is -0.296. The average molecular weight is 478 g/mol. The van der Waals surface area contributed by atoms with Gasteiger partial charge in [-0.3, -0.25) is 14.5 Å². The summed E-state index contributed by atoms with van der Waals surface area (Å²) in [6.45, 7) is 2.85. The monoisotopic (exact) mass is 477 g/mol. The van der Waals surface area contributed by atoms with Crippen molar-refractivity contribution in [2.75, 3.05) is 11.5 Å². The highest BCUT2D eigenvalue weighted by Crippen LogP contribution is 2.63. The quantitative estimate of drug-likeness (QED) is 0.270. The SMILES string of the molecule is CCCCCOc1ccc(N2C(=O)C3[C@@H]4C[C@H](C(c5ccccc5)=C4c4ccccc4)[C@H]3C2=O)cc1. The summed E-state index contributed by atoms with van der Waals surface area (Å²) in [6.07, 6.45) is 4.18. The lowest BCUT2D eigenvalue weighted by Crippen LogP contribution is -2.32. The van der Waals surface area contributed by atoms with Gasteiger partial charge < -0.3 is 4.74 Å². The first-order valence-corrected chi connectivity index (χ1v) is 13.1. The molecule has 3 aromatic carbocycles. The maximum absolute atomic E-state index is 13.8. The Labute approximate surface area is 212 Å². The zero-order chi connectivity index (χ0) is 24.6. The molecule has 182 valence electrons. The van der Waals surface area contributed by atoms with Crippen molar-refractivity contribution in [2.45, 2.75) is 32.6 Å². The number of nitrogens with zero attached hydrogens (tertiary/aromatic N) is 1. The summed E-state index contributed by atoms with van der Waals surface area (Å²) >= 11 is 0. The number of ether oxygens (including phenoxy) is 1. The van der Waals surface area contributed by atoms with Gasteiger partial charge in [-0.05, 0) is 71.2 Å². The first kappa shape index (κ1) is 22.8. The second-order valence-corrected chi connectivity index (χ2v) is 10.1. The number of unbranched alkanes of at least 4 members (excludes halogenated alkanes) is 2. The average Bonchev–Trinajstić information content (AvgIpc) is 3.57. The lowest BCUT2D eigenvalue weighted by molar-refractivity contribution is -0.123. The van der Waals surface area contributed by atoms with E-state index in [-0.39, 0.29) is 35.5 Å². The number of carbonyl (C=O) groups is 2. The lowest BCUT2D eigenvalue weighted by Gasteiger charge is -2.27. The van der Waals surface area contributed by atoms with Gasteiger partial charge in [0.2, 0.25) is 11.8 Å². The number of imide groups is 1. The molecule has 0 aromatic heterocycles. The van der Waals surface area contributed by atoms with Crippen molar-refractivity contribution in [3.8, 4) is 5.75 Å². The first-order chi connectivity index (χ1) is 17.7. The van der Waals surface area contributed by atoms with Gasteiger partial charge in [-0.2, -0.15) is 0 Å². The molecule has 4 atom stereocenters. The van der Waals surface area contributed by atoms with Gasteiger partial charge in [-0.25, -0.2) is 0 Å². The smallest absolute Gasteiger partial charge is 0.238 e. The Bertz CT molecular complexity index is 1220. The summed E-state index contributed by atoms with van der Waals surface area (Å²) in [5.41, 5.74) is 5.44. The number of anilines is 1. The molecule has 3 aromatic rings. The van der Waals surface area contributed by atoms with Gasteiger partial charge in [-0.1, -0.05) is 80.4 Å². The molecule has 6 rings (SSSR count). The third-order valence-electron chi connectivity index (χ3n) is 8.09. The maximum atomic E-state index is 13.8. The standard InChI is InChI=1S/C32H31NO3/c1-2-3-10-19-36-24-17-15-23(16-18-24)33-31(34)29-25-20-26(30(29)32(33)35)28(22-13-8-5-9-14-22)27(25)21-11-6-4-7-12-21/h4-9,11-18,25-26,29-30H,2-3,10,19-20H2,1H3/t25-,26-,29-,30?/m1/s1. The molecule has 0 spiro atoms. The number of benzene rings is 3. The Hall–Kier alpha value is -3.66. The molecule has 3 aliphatic rings.